The molecule has 1 aliphatic rings. The van der Waals surface area contributed by atoms with E-state index in [4.69, 9.17) is 5.11 Å². The number of carbonyl (C=O) groups is 3. The highest BCUT2D eigenvalue weighted by Crippen LogP contribution is 2.41. The van der Waals surface area contributed by atoms with Crippen molar-refractivity contribution in [2.45, 2.75) is 31.7 Å². The second-order valence-electron chi connectivity index (χ2n) is 7.03. The lowest BCUT2D eigenvalue weighted by atomic mass is 9.99. The number of halogens is 3. The minimum absolute atomic E-state index is 0.153. The lowest BCUT2D eigenvalue weighted by Gasteiger charge is -2.19. The van der Waals surface area contributed by atoms with Crippen molar-refractivity contribution in [3.05, 3.63) is 70.5 Å². The van der Waals surface area contributed by atoms with Crippen molar-refractivity contribution >= 4 is 17.7 Å². The smallest absolute Gasteiger partial charge is 0.339 e. The molecule has 1 aliphatic carbocycles. The van der Waals surface area contributed by atoms with Gasteiger partial charge in [-0.2, -0.15) is 0 Å². The van der Waals surface area contributed by atoms with Crippen molar-refractivity contribution < 1.29 is 32.7 Å². The third-order valence-corrected chi connectivity index (χ3v) is 4.76. The van der Waals surface area contributed by atoms with Gasteiger partial charge in [0.1, 0.15) is 17.2 Å². The van der Waals surface area contributed by atoms with E-state index in [0.717, 1.165) is 25.0 Å². The van der Waals surface area contributed by atoms with Gasteiger partial charge in [0.25, 0.3) is 0 Å². The molecule has 1 unspecified atom stereocenters. The van der Waals surface area contributed by atoms with Gasteiger partial charge in [-0.25, -0.2) is 18.0 Å². The van der Waals surface area contributed by atoms with Crippen LogP contribution in [0.3, 0.4) is 0 Å². The maximum absolute atomic E-state index is 13.7. The molecule has 2 aromatic rings. The summed E-state index contributed by atoms with van der Waals surface area (Å²) in [5.41, 5.74) is -0.533. The third-order valence-electron chi connectivity index (χ3n) is 4.76. The summed E-state index contributed by atoms with van der Waals surface area (Å²) in [6, 6.07) is 7.16. The van der Waals surface area contributed by atoms with Gasteiger partial charge >= 0.3 is 5.97 Å². The molecule has 0 radical (unpaired) electrons. The number of carboxylic acid groups (broad SMARTS) is 1. The lowest BCUT2D eigenvalue weighted by Crippen LogP contribution is -2.31. The van der Waals surface area contributed by atoms with E-state index < -0.39 is 59.6 Å². The highest BCUT2D eigenvalue weighted by molar-refractivity contribution is 6.00. The second-order valence-corrected chi connectivity index (χ2v) is 7.03. The summed E-state index contributed by atoms with van der Waals surface area (Å²) >= 11 is 0. The van der Waals surface area contributed by atoms with Crippen LogP contribution in [0.25, 0.3) is 0 Å². The van der Waals surface area contributed by atoms with Gasteiger partial charge in [0, 0.05) is 6.42 Å². The predicted octanol–water partition coefficient (Wildman–Crippen LogP) is 3.57. The quantitative estimate of drug-likeness (QED) is 0.658. The van der Waals surface area contributed by atoms with Gasteiger partial charge in [-0.3, -0.25) is 9.59 Å². The Labute approximate surface area is 164 Å². The van der Waals surface area contributed by atoms with Gasteiger partial charge in [-0.1, -0.05) is 18.2 Å². The first-order chi connectivity index (χ1) is 13.8. The summed E-state index contributed by atoms with van der Waals surface area (Å²) in [7, 11) is 0. The number of amides is 1. The number of hydrogen-bond acceptors (Lipinski definition) is 3. The molecule has 5 nitrogen and oxygen atoms in total. The molecule has 8 heteroatoms. The zero-order valence-electron chi connectivity index (χ0n) is 15.3. The summed E-state index contributed by atoms with van der Waals surface area (Å²) in [6.45, 7) is 0. The molecule has 0 aliphatic heterocycles. The average molecular weight is 405 g/mol. The minimum Gasteiger partial charge on any atom is -0.478 e. The molecule has 3 rings (SSSR count). The van der Waals surface area contributed by atoms with E-state index in [0.29, 0.717) is 5.56 Å². The van der Waals surface area contributed by atoms with Crippen LogP contribution in [0, 0.1) is 23.4 Å². The number of rotatable bonds is 8. The van der Waals surface area contributed by atoms with E-state index in [1.807, 2.05) is 0 Å². The zero-order valence-corrected chi connectivity index (χ0v) is 15.3. The maximum atomic E-state index is 13.7. The first-order valence-corrected chi connectivity index (χ1v) is 9.03. The summed E-state index contributed by atoms with van der Waals surface area (Å²) in [5.74, 6) is -6.11. The summed E-state index contributed by atoms with van der Waals surface area (Å²) in [4.78, 5) is 35.7. The molecule has 1 atom stereocenters. The number of carbonyl (C=O) groups excluding carboxylic acids is 2. The number of Topliss-reactive ketones (excluding diaryl/α,β-unsaturated/α-hetero) is 1. The van der Waals surface area contributed by atoms with Crippen LogP contribution >= 0.6 is 0 Å². The van der Waals surface area contributed by atoms with Crippen LogP contribution in [-0.4, -0.2) is 22.8 Å². The van der Waals surface area contributed by atoms with Gasteiger partial charge in [0.05, 0.1) is 12.5 Å². The molecule has 152 valence electrons. The molecule has 0 spiro atoms. The fraction of sp³-hybridized carbons (Fsp3) is 0.286. The highest BCUT2D eigenvalue weighted by Gasteiger charge is 2.34. The fourth-order valence-corrected chi connectivity index (χ4v) is 3.25. The van der Waals surface area contributed by atoms with E-state index in [1.54, 1.807) is 6.07 Å². The Hall–Kier alpha value is -3.16. The van der Waals surface area contributed by atoms with Gasteiger partial charge in [0.2, 0.25) is 5.91 Å². The number of ketones is 1. The van der Waals surface area contributed by atoms with Crippen LogP contribution in [0.15, 0.2) is 36.4 Å². The molecule has 29 heavy (non-hydrogen) atoms. The summed E-state index contributed by atoms with van der Waals surface area (Å²) < 4.78 is 40.5. The Bertz CT molecular complexity index is 972. The first kappa shape index (κ1) is 20.6. The van der Waals surface area contributed by atoms with Gasteiger partial charge in [-0.15, -0.1) is 0 Å². The number of carboxylic acids is 1. The second kappa shape index (κ2) is 8.46. The molecule has 1 saturated carbocycles. The minimum atomic E-state index is -1.70. The predicted molar refractivity (Wildman–Crippen MR) is 96.7 cm³/mol. The third kappa shape index (κ3) is 5.01. The van der Waals surface area contributed by atoms with Crippen LogP contribution in [0.4, 0.5) is 13.2 Å². The van der Waals surface area contributed by atoms with Crippen molar-refractivity contribution in [1.29, 1.82) is 0 Å². The van der Waals surface area contributed by atoms with Crippen molar-refractivity contribution in [1.82, 2.24) is 5.32 Å². The number of benzene rings is 2. The molecular weight excluding hydrogens is 387 g/mol. The zero-order chi connectivity index (χ0) is 21.1. The number of aromatic carboxylic acids is 1. The summed E-state index contributed by atoms with van der Waals surface area (Å²) in [6.07, 6.45) is 0.648. The molecule has 1 amide bonds. The van der Waals surface area contributed by atoms with Crippen LogP contribution < -0.4 is 5.32 Å². The Balaban J connectivity index is 1.67. The van der Waals surface area contributed by atoms with E-state index in [1.165, 1.54) is 18.2 Å². The van der Waals surface area contributed by atoms with Crippen LogP contribution in [0.1, 0.15) is 46.8 Å². The van der Waals surface area contributed by atoms with E-state index >= 15 is 0 Å². The standard InChI is InChI=1S/C21H18F3NO4/c22-14-3-1-2-13(8-14)20(11-4-5-11)25-17(27)10-15(26)9-12-6-7-16(23)19(24)18(12)21(28)29/h1-3,6-8,11,20H,4-5,9-10H2,(H,25,27)(H,28,29). The van der Waals surface area contributed by atoms with E-state index in [2.05, 4.69) is 5.32 Å². The average Bonchev–Trinajstić information content (AvgIpc) is 3.47. The molecule has 2 aromatic carbocycles. The van der Waals surface area contributed by atoms with E-state index in [-0.39, 0.29) is 11.5 Å². The molecule has 2 N–H and O–H groups in total. The van der Waals surface area contributed by atoms with Gasteiger partial charge in [0.15, 0.2) is 11.6 Å². The van der Waals surface area contributed by atoms with Crippen LogP contribution in [0.5, 0.6) is 0 Å². The number of nitrogens with one attached hydrogen (secondary N) is 1. The Morgan fingerprint density at radius 3 is 2.45 bits per heavy atom. The Morgan fingerprint density at radius 1 is 1.10 bits per heavy atom. The molecular formula is C21H18F3NO4. The van der Waals surface area contributed by atoms with Crippen molar-refractivity contribution in [2.24, 2.45) is 5.92 Å². The normalized spacial score (nSPS) is 14.3. The Morgan fingerprint density at radius 2 is 1.83 bits per heavy atom. The van der Waals surface area contributed by atoms with Crippen LogP contribution in [-0.2, 0) is 16.0 Å². The molecule has 0 saturated heterocycles. The maximum Gasteiger partial charge on any atom is 0.339 e. The monoisotopic (exact) mass is 405 g/mol. The fourth-order valence-electron chi connectivity index (χ4n) is 3.25. The van der Waals surface area contributed by atoms with Crippen molar-refractivity contribution in [2.75, 3.05) is 0 Å². The lowest BCUT2D eigenvalue weighted by molar-refractivity contribution is -0.128. The van der Waals surface area contributed by atoms with E-state index in [9.17, 15) is 27.6 Å². The first-order valence-electron chi connectivity index (χ1n) is 9.03. The van der Waals surface area contributed by atoms with Gasteiger partial charge in [-0.05, 0) is 48.1 Å². The van der Waals surface area contributed by atoms with Gasteiger partial charge < -0.3 is 10.4 Å². The summed E-state index contributed by atoms with van der Waals surface area (Å²) in [5, 5.41) is 11.8. The Kier molecular flexibility index (Phi) is 6.00. The molecule has 1 fully saturated rings. The largest absolute Gasteiger partial charge is 0.478 e. The SMILES string of the molecule is O=C(CC(=O)NC(c1cccc(F)c1)C1CC1)Cc1ccc(F)c(F)c1C(=O)O. The number of hydrogen-bond donors (Lipinski definition) is 2. The topological polar surface area (TPSA) is 83.5 Å². The molecule has 0 bridgehead atoms. The van der Waals surface area contributed by atoms with Crippen molar-refractivity contribution in [3.63, 3.8) is 0 Å². The van der Waals surface area contributed by atoms with Crippen molar-refractivity contribution in [3.8, 4) is 0 Å². The molecule has 0 aromatic heterocycles. The van der Waals surface area contributed by atoms with Crippen LogP contribution in [0.2, 0.25) is 0 Å². The molecule has 0 heterocycles. The highest BCUT2D eigenvalue weighted by atomic mass is 19.2.